The van der Waals surface area contributed by atoms with Crippen molar-refractivity contribution >= 4 is 13.6 Å². The van der Waals surface area contributed by atoms with Crippen molar-refractivity contribution in [1.29, 1.82) is 0 Å². The van der Waals surface area contributed by atoms with Gasteiger partial charge in [-0.3, -0.25) is 4.79 Å². The Bertz CT molecular complexity index is 474. The van der Waals surface area contributed by atoms with Crippen LogP contribution in [0.25, 0.3) is 0 Å². The molecule has 6 nitrogen and oxygen atoms in total. The third kappa shape index (κ3) is 5.42. The maximum atomic E-state index is 11.8. The molecule has 0 amide bonds. The lowest BCUT2D eigenvalue weighted by Gasteiger charge is -2.14. The van der Waals surface area contributed by atoms with Crippen molar-refractivity contribution < 1.29 is 23.5 Å². The Morgan fingerprint density at radius 2 is 2.00 bits per heavy atom. The highest BCUT2D eigenvalue weighted by atomic mass is 31.2. The number of benzene rings is 1. The van der Waals surface area contributed by atoms with Gasteiger partial charge in [0, 0.05) is 6.66 Å². The maximum Gasteiger partial charge on any atom is 0.376 e. The summed E-state index contributed by atoms with van der Waals surface area (Å²) in [6.07, 6.45) is 0.227. The van der Waals surface area contributed by atoms with Crippen LogP contribution in [0, 0.1) is 0 Å². The third-order valence-electron chi connectivity index (χ3n) is 2.33. The quantitative estimate of drug-likeness (QED) is 0.743. The molecular formula is C12H18NO5P. The molecule has 1 rings (SSSR count). The first-order valence-electron chi connectivity index (χ1n) is 5.83. The zero-order chi connectivity index (χ0) is 14.5. The summed E-state index contributed by atoms with van der Waals surface area (Å²) in [6, 6.07) is 5.65. The number of hydrogen-bond donors (Lipinski definition) is 2. The van der Waals surface area contributed by atoms with Crippen LogP contribution in [0.2, 0.25) is 0 Å². The number of carbonyl (C=O) groups is 1. The van der Waals surface area contributed by atoms with E-state index in [1.165, 1.54) is 6.66 Å². The standard InChI is InChI=1S/C12H18NO5P/c1-3-17-19(2,16)18-10-6-4-9(5-7-10)8-11(13)12(14)15/h4-7,11H,3,8,13H2,1-2H3,(H,14,15)/t11-,19?/m0/s1. The first-order chi connectivity index (χ1) is 8.84. The Labute approximate surface area is 112 Å². The average Bonchev–Trinajstić information content (AvgIpc) is 2.31. The molecule has 0 aliphatic carbocycles. The summed E-state index contributed by atoms with van der Waals surface area (Å²) in [7, 11) is -3.09. The van der Waals surface area contributed by atoms with Crippen LogP contribution in [0.15, 0.2) is 24.3 Å². The van der Waals surface area contributed by atoms with Crippen molar-refractivity contribution in [2.24, 2.45) is 5.73 Å². The number of carboxylic acid groups (broad SMARTS) is 1. The van der Waals surface area contributed by atoms with Crippen molar-refractivity contribution in [1.82, 2.24) is 0 Å². The van der Waals surface area contributed by atoms with E-state index in [0.29, 0.717) is 12.4 Å². The number of hydrogen-bond acceptors (Lipinski definition) is 5. The van der Waals surface area contributed by atoms with E-state index in [-0.39, 0.29) is 6.42 Å². The molecule has 1 aromatic carbocycles. The first-order valence-corrected chi connectivity index (χ1v) is 7.82. The Morgan fingerprint density at radius 1 is 1.42 bits per heavy atom. The first kappa shape index (κ1) is 15.7. The van der Waals surface area contributed by atoms with E-state index < -0.39 is 19.6 Å². The van der Waals surface area contributed by atoms with E-state index in [1.807, 2.05) is 0 Å². The molecule has 0 heterocycles. The van der Waals surface area contributed by atoms with Crippen LogP contribution >= 0.6 is 7.60 Å². The topological polar surface area (TPSA) is 98.9 Å². The van der Waals surface area contributed by atoms with Gasteiger partial charge in [0.2, 0.25) is 0 Å². The Morgan fingerprint density at radius 3 is 2.47 bits per heavy atom. The smallest absolute Gasteiger partial charge is 0.376 e. The summed E-state index contributed by atoms with van der Waals surface area (Å²) < 4.78 is 22.0. The molecule has 19 heavy (non-hydrogen) atoms. The summed E-state index contributed by atoms with van der Waals surface area (Å²) in [4.78, 5) is 10.6. The molecule has 0 aliphatic heterocycles. The van der Waals surface area contributed by atoms with Crippen LogP contribution in [0.3, 0.4) is 0 Å². The lowest BCUT2D eigenvalue weighted by molar-refractivity contribution is -0.138. The summed E-state index contributed by atoms with van der Waals surface area (Å²) in [5.74, 6) is -0.637. The average molecular weight is 287 g/mol. The number of nitrogens with two attached hydrogens (primary N) is 1. The van der Waals surface area contributed by atoms with Crippen LogP contribution < -0.4 is 10.3 Å². The van der Waals surface area contributed by atoms with Crippen molar-refractivity contribution in [3.63, 3.8) is 0 Å². The lowest BCUT2D eigenvalue weighted by atomic mass is 10.1. The van der Waals surface area contributed by atoms with Crippen LogP contribution in [0.5, 0.6) is 5.75 Å². The number of carboxylic acids is 1. The third-order valence-corrected chi connectivity index (χ3v) is 3.60. The minimum absolute atomic E-state index is 0.227. The second-order valence-corrected chi connectivity index (χ2v) is 6.06. The highest BCUT2D eigenvalue weighted by Crippen LogP contribution is 2.44. The van der Waals surface area contributed by atoms with E-state index in [1.54, 1.807) is 31.2 Å². The zero-order valence-electron chi connectivity index (χ0n) is 10.9. The van der Waals surface area contributed by atoms with Crippen LogP contribution in [0.1, 0.15) is 12.5 Å². The summed E-state index contributed by atoms with van der Waals surface area (Å²) in [5.41, 5.74) is 6.20. The van der Waals surface area contributed by atoms with Gasteiger partial charge in [-0.15, -0.1) is 0 Å². The molecule has 1 aromatic rings. The molecule has 106 valence electrons. The van der Waals surface area contributed by atoms with Gasteiger partial charge in [0.25, 0.3) is 0 Å². The van der Waals surface area contributed by atoms with E-state index in [9.17, 15) is 9.36 Å². The second kappa shape index (κ2) is 6.70. The van der Waals surface area contributed by atoms with Crippen molar-refractivity contribution in [3.05, 3.63) is 29.8 Å². The highest BCUT2D eigenvalue weighted by Gasteiger charge is 2.17. The molecule has 2 atom stereocenters. The molecule has 0 bridgehead atoms. The minimum atomic E-state index is -3.09. The van der Waals surface area contributed by atoms with E-state index in [0.717, 1.165) is 5.56 Å². The summed E-state index contributed by atoms with van der Waals surface area (Å²) in [6.45, 7) is 3.43. The van der Waals surface area contributed by atoms with Gasteiger partial charge >= 0.3 is 13.6 Å². The molecule has 0 saturated carbocycles. The van der Waals surface area contributed by atoms with Gasteiger partial charge in [-0.05, 0) is 31.0 Å². The minimum Gasteiger partial charge on any atom is -0.480 e. The van der Waals surface area contributed by atoms with Gasteiger partial charge in [0.15, 0.2) is 0 Å². The Hall–Kier alpha value is -1.36. The number of rotatable bonds is 7. The largest absolute Gasteiger partial charge is 0.480 e. The van der Waals surface area contributed by atoms with Gasteiger partial charge in [-0.2, -0.15) is 0 Å². The monoisotopic (exact) mass is 287 g/mol. The van der Waals surface area contributed by atoms with E-state index in [2.05, 4.69) is 0 Å². The normalized spacial score (nSPS) is 15.5. The molecular weight excluding hydrogens is 269 g/mol. The van der Waals surface area contributed by atoms with Crippen molar-refractivity contribution in [2.75, 3.05) is 13.3 Å². The SMILES string of the molecule is CCOP(C)(=O)Oc1ccc(C[C@H](N)C(=O)O)cc1. The predicted octanol–water partition coefficient (Wildman–Crippen LogP) is 1.88. The molecule has 0 aromatic heterocycles. The fraction of sp³-hybridized carbons (Fsp3) is 0.417. The van der Waals surface area contributed by atoms with Crippen LogP contribution in [-0.2, 0) is 20.3 Å². The molecule has 0 spiro atoms. The zero-order valence-corrected chi connectivity index (χ0v) is 11.8. The maximum absolute atomic E-state index is 11.8. The molecule has 0 radical (unpaired) electrons. The summed E-state index contributed by atoms with van der Waals surface area (Å²) in [5, 5.41) is 8.71. The van der Waals surface area contributed by atoms with Gasteiger partial charge in [0.1, 0.15) is 11.8 Å². The fourth-order valence-corrected chi connectivity index (χ4v) is 2.51. The molecule has 1 unspecified atom stereocenters. The fourth-order valence-electron chi connectivity index (χ4n) is 1.48. The van der Waals surface area contributed by atoms with Gasteiger partial charge in [-0.25, -0.2) is 4.57 Å². The van der Waals surface area contributed by atoms with Crippen molar-refractivity contribution in [2.45, 2.75) is 19.4 Å². The Kier molecular flexibility index (Phi) is 5.54. The molecule has 0 saturated heterocycles. The molecule has 3 N–H and O–H groups in total. The van der Waals surface area contributed by atoms with Gasteiger partial charge in [0.05, 0.1) is 6.61 Å². The van der Waals surface area contributed by atoms with E-state index >= 15 is 0 Å². The lowest BCUT2D eigenvalue weighted by Crippen LogP contribution is -2.32. The van der Waals surface area contributed by atoms with Crippen LogP contribution in [-0.4, -0.2) is 30.4 Å². The predicted molar refractivity (Wildman–Crippen MR) is 71.5 cm³/mol. The molecule has 7 heteroatoms. The summed E-state index contributed by atoms with van der Waals surface area (Å²) >= 11 is 0. The highest BCUT2D eigenvalue weighted by molar-refractivity contribution is 7.53. The second-order valence-electron chi connectivity index (χ2n) is 4.07. The number of aliphatic carboxylic acids is 1. The van der Waals surface area contributed by atoms with Crippen molar-refractivity contribution in [3.8, 4) is 5.75 Å². The van der Waals surface area contributed by atoms with E-state index in [4.69, 9.17) is 19.9 Å². The van der Waals surface area contributed by atoms with Gasteiger partial charge < -0.3 is 19.9 Å². The van der Waals surface area contributed by atoms with Crippen LogP contribution in [0.4, 0.5) is 0 Å². The molecule has 0 aliphatic rings. The Balaban J connectivity index is 2.66. The van der Waals surface area contributed by atoms with Gasteiger partial charge in [-0.1, -0.05) is 12.1 Å². The molecule has 0 fully saturated rings.